The lowest BCUT2D eigenvalue weighted by atomic mass is 9.84. The van der Waals surface area contributed by atoms with E-state index < -0.39 is 5.60 Å². The molecule has 4 heteroatoms. The number of rotatable bonds is 6. The third kappa shape index (κ3) is 4.69. The van der Waals surface area contributed by atoms with E-state index in [1.54, 1.807) is 0 Å². The van der Waals surface area contributed by atoms with Gasteiger partial charge in [-0.1, -0.05) is 19.3 Å². The summed E-state index contributed by atoms with van der Waals surface area (Å²) < 4.78 is 5.45. The SMILES string of the molecule is CCOCCN1CCN(CC2(O)CCCCC2)C[C@H]1C. The highest BCUT2D eigenvalue weighted by Crippen LogP contribution is 2.29. The van der Waals surface area contributed by atoms with Crippen LogP contribution in [0.3, 0.4) is 0 Å². The second-order valence-electron chi connectivity index (χ2n) is 6.60. The quantitative estimate of drug-likeness (QED) is 0.754. The number of nitrogens with zero attached hydrogens (tertiary/aromatic N) is 2. The zero-order valence-corrected chi connectivity index (χ0v) is 13.3. The Morgan fingerprint density at radius 2 is 1.95 bits per heavy atom. The molecule has 0 unspecified atom stereocenters. The first-order valence-electron chi connectivity index (χ1n) is 8.39. The highest BCUT2D eigenvalue weighted by Gasteiger charge is 2.33. The molecule has 0 spiro atoms. The van der Waals surface area contributed by atoms with Crippen molar-refractivity contribution < 1.29 is 9.84 Å². The van der Waals surface area contributed by atoms with Gasteiger partial charge in [-0.05, 0) is 26.7 Å². The summed E-state index contributed by atoms with van der Waals surface area (Å²) in [6, 6.07) is 0.566. The van der Waals surface area contributed by atoms with Crippen molar-refractivity contribution in [1.82, 2.24) is 9.80 Å². The van der Waals surface area contributed by atoms with Crippen molar-refractivity contribution in [2.45, 2.75) is 57.6 Å². The van der Waals surface area contributed by atoms with Crippen LogP contribution in [0.2, 0.25) is 0 Å². The summed E-state index contributed by atoms with van der Waals surface area (Å²) in [4.78, 5) is 4.98. The van der Waals surface area contributed by atoms with E-state index in [9.17, 15) is 5.11 Å². The minimum absolute atomic E-state index is 0.411. The van der Waals surface area contributed by atoms with Gasteiger partial charge in [0, 0.05) is 45.4 Å². The molecule has 0 aromatic heterocycles. The normalized spacial score (nSPS) is 28.6. The molecule has 0 radical (unpaired) electrons. The van der Waals surface area contributed by atoms with Gasteiger partial charge in [-0.25, -0.2) is 0 Å². The van der Waals surface area contributed by atoms with Crippen LogP contribution in [-0.2, 0) is 4.74 Å². The van der Waals surface area contributed by atoms with E-state index in [0.717, 1.165) is 58.8 Å². The summed E-state index contributed by atoms with van der Waals surface area (Å²) in [6.07, 6.45) is 5.67. The van der Waals surface area contributed by atoms with Gasteiger partial charge in [0.1, 0.15) is 0 Å². The maximum atomic E-state index is 10.7. The fourth-order valence-corrected chi connectivity index (χ4v) is 3.66. The zero-order valence-electron chi connectivity index (χ0n) is 13.3. The monoisotopic (exact) mass is 284 g/mol. The largest absolute Gasteiger partial charge is 0.389 e. The van der Waals surface area contributed by atoms with Crippen molar-refractivity contribution in [2.75, 3.05) is 45.9 Å². The third-order valence-electron chi connectivity index (χ3n) is 4.88. The molecule has 20 heavy (non-hydrogen) atoms. The van der Waals surface area contributed by atoms with Gasteiger partial charge < -0.3 is 9.84 Å². The van der Waals surface area contributed by atoms with Gasteiger partial charge >= 0.3 is 0 Å². The zero-order chi connectivity index (χ0) is 14.4. The molecule has 1 heterocycles. The summed E-state index contributed by atoms with van der Waals surface area (Å²) in [5.74, 6) is 0. The molecule has 2 fully saturated rings. The first-order chi connectivity index (χ1) is 9.63. The summed E-state index contributed by atoms with van der Waals surface area (Å²) in [7, 11) is 0. The minimum atomic E-state index is -0.411. The van der Waals surface area contributed by atoms with Crippen LogP contribution in [0.5, 0.6) is 0 Å². The Morgan fingerprint density at radius 3 is 2.60 bits per heavy atom. The smallest absolute Gasteiger partial charge is 0.0774 e. The molecular weight excluding hydrogens is 252 g/mol. The first kappa shape index (κ1) is 16.2. The molecule has 118 valence electrons. The van der Waals surface area contributed by atoms with Gasteiger partial charge in [-0.15, -0.1) is 0 Å². The average molecular weight is 284 g/mol. The lowest BCUT2D eigenvalue weighted by molar-refractivity contribution is -0.0444. The molecule has 1 saturated heterocycles. The molecular formula is C16H32N2O2. The number of ether oxygens (including phenoxy) is 1. The predicted octanol–water partition coefficient (Wildman–Crippen LogP) is 1.72. The minimum Gasteiger partial charge on any atom is -0.389 e. The highest BCUT2D eigenvalue weighted by atomic mass is 16.5. The Hall–Kier alpha value is -0.160. The van der Waals surface area contributed by atoms with E-state index in [4.69, 9.17) is 4.74 Å². The summed E-state index contributed by atoms with van der Waals surface area (Å²) >= 11 is 0. The van der Waals surface area contributed by atoms with E-state index in [-0.39, 0.29) is 0 Å². The molecule has 0 amide bonds. The lowest BCUT2D eigenvalue weighted by Crippen LogP contribution is -2.56. The molecule has 1 atom stereocenters. The Kier molecular flexibility index (Phi) is 6.27. The molecule has 0 aromatic rings. The number of hydrogen-bond donors (Lipinski definition) is 1. The van der Waals surface area contributed by atoms with Crippen molar-refractivity contribution >= 4 is 0 Å². The molecule has 1 aliphatic carbocycles. The van der Waals surface area contributed by atoms with Crippen LogP contribution >= 0.6 is 0 Å². The number of β-amino-alcohol motifs (C(OH)–C–C–N with tert-alkyl or cyclic N) is 1. The molecule has 0 aromatic carbocycles. The molecule has 2 aliphatic rings. The highest BCUT2D eigenvalue weighted by molar-refractivity contribution is 4.88. The first-order valence-corrected chi connectivity index (χ1v) is 8.39. The van der Waals surface area contributed by atoms with Crippen molar-refractivity contribution in [1.29, 1.82) is 0 Å². The number of aliphatic hydroxyl groups is 1. The molecule has 1 saturated carbocycles. The van der Waals surface area contributed by atoms with Gasteiger partial charge in [0.05, 0.1) is 12.2 Å². The van der Waals surface area contributed by atoms with Crippen molar-refractivity contribution in [3.63, 3.8) is 0 Å². The Balaban J connectivity index is 1.74. The van der Waals surface area contributed by atoms with Crippen LogP contribution in [0.1, 0.15) is 46.0 Å². The topological polar surface area (TPSA) is 35.9 Å². The summed E-state index contributed by atoms with van der Waals surface area (Å²) in [5, 5.41) is 10.7. The van der Waals surface area contributed by atoms with Crippen molar-refractivity contribution in [2.24, 2.45) is 0 Å². The van der Waals surface area contributed by atoms with E-state index in [0.29, 0.717) is 6.04 Å². The van der Waals surface area contributed by atoms with E-state index in [1.807, 2.05) is 6.92 Å². The average Bonchev–Trinajstić information content (AvgIpc) is 2.42. The van der Waals surface area contributed by atoms with Gasteiger partial charge in [-0.3, -0.25) is 9.80 Å². The van der Waals surface area contributed by atoms with Gasteiger partial charge in [-0.2, -0.15) is 0 Å². The van der Waals surface area contributed by atoms with Gasteiger partial charge in [0.25, 0.3) is 0 Å². The Morgan fingerprint density at radius 1 is 1.20 bits per heavy atom. The van der Waals surface area contributed by atoms with E-state index in [2.05, 4.69) is 16.7 Å². The van der Waals surface area contributed by atoms with Crippen molar-refractivity contribution in [3.8, 4) is 0 Å². The van der Waals surface area contributed by atoms with Crippen molar-refractivity contribution in [3.05, 3.63) is 0 Å². The fourth-order valence-electron chi connectivity index (χ4n) is 3.66. The van der Waals surface area contributed by atoms with Crippen LogP contribution in [0.4, 0.5) is 0 Å². The van der Waals surface area contributed by atoms with Gasteiger partial charge in [0.15, 0.2) is 0 Å². The second kappa shape index (κ2) is 7.74. The lowest BCUT2D eigenvalue weighted by Gasteiger charge is -2.43. The maximum absolute atomic E-state index is 10.7. The van der Waals surface area contributed by atoms with Crippen LogP contribution in [-0.4, -0.2) is 72.5 Å². The fraction of sp³-hybridized carbons (Fsp3) is 1.00. The molecule has 4 nitrogen and oxygen atoms in total. The maximum Gasteiger partial charge on any atom is 0.0774 e. The predicted molar refractivity (Wildman–Crippen MR) is 82.0 cm³/mol. The van der Waals surface area contributed by atoms with Crippen LogP contribution in [0.25, 0.3) is 0 Å². The van der Waals surface area contributed by atoms with Crippen LogP contribution < -0.4 is 0 Å². The standard InChI is InChI=1S/C16H32N2O2/c1-3-20-12-11-18-10-9-17(13-15(18)2)14-16(19)7-5-4-6-8-16/h15,19H,3-14H2,1-2H3/t15-/m1/s1. The molecule has 1 aliphatic heterocycles. The molecule has 2 rings (SSSR count). The van der Waals surface area contributed by atoms with Gasteiger partial charge in [0.2, 0.25) is 0 Å². The second-order valence-corrected chi connectivity index (χ2v) is 6.60. The van der Waals surface area contributed by atoms with Crippen LogP contribution in [0, 0.1) is 0 Å². The summed E-state index contributed by atoms with van der Waals surface area (Å²) in [6.45, 7) is 11.2. The summed E-state index contributed by atoms with van der Waals surface area (Å²) in [5.41, 5.74) is -0.411. The number of piperazine rings is 1. The Bertz CT molecular complexity index is 280. The van der Waals surface area contributed by atoms with Crippen LogP contribution in [0.15, 0.2) is 0 Å². The third-order valence-corrected chi connectivity index (χ3v) is 4.88. The number of hydrogen-bond acceptors (Lipinski definition) is 4. The van der Waals surface area contributed by atoms with E-state index in [1.165, 1.54) is 19.3 Å². The van der Waals surface area contributed by atoms with E-state index >= 15 is 0 Å². The molecule has 0 bridgehead atoms. The molecule has 1 N–H and O–H groups in total. The Labute approximate surface area is 124 Å².